The molecule has 0 spiro atoms. The highest BCUT2D eigenvalue weighted by Crippen LogP contribution is 2.23. The van der Waals surface area contributed by atoms with E-state index >= 15 is 0 Å². The molecule has 0 bridgehead atoms. The second kappa shape index (κ2) is 5.51. The zero-order valence-corrected chi connectivity index (χ0v) is 11.6. The molecule has 1 aromatic heterocycles. The summed E-state index contributed by atoms with van der Waals surface area (Å²) in [6.07, 6.45) is 9.00. The normalized spacial score (nSPS) is 16.9. The lowest BCUT2D eigenvalue weighted by Gasteiger charge is -2.10. The Hall–Kier alpha value is -1.38. The molecule has 0 atom stereocenters. The first-order valence-corrected chi connectivity index (χ1v) is 6.85. The lowest BCUT2D eigenvalue weighted by atomic mass is 9.93. The topological polar surface area (TPSA) is 34.9 Å². The molecule has 3 nitrogen and oxygen atoms in total. The molecule has 18 heavy (non-hydrogen) atoms. The lowest BCUT2D eigenvalue weighted by molar-refractivity contribution is 0.102. The number of hydrogen-bond donors (Lipinski definition) is 0. The highest BCUT2D eigenvalue weighted by molar-refractivity contribution is 6.10. The van der Waals surface area contributed by atoms with Crippen LogP contribution < -0.4 is 0 Å². The fourth-order valence-corrected chi connectivity index (χ4v) is 2.66. The monoisotopic (exact) mass is 246 g/mol. The Kier molecular flexibility index (Phi) is 4.00. The van der Waals surface area contributed by atoms with Gasteiger partial charge in [0, 0.05) is 12.7 Å². The van der Waals surface area contributed by atoms with Gasteiger partial charge in [-0.2, -0.15) is 5.10 Å². The van der Waals surface area contributed by atoms with Gasteiger partial charge in [-0.1, -0.05) is 18.9 Å². The molecular formula is C15H22N2O. The molecule has 0 N–H and O–H groups in total. The number of Topliss-reactive ketones (excluding diaryl/α,β-unsaturated/α-hetero) is 1. The molecule has 0 saturated carbocycles. The van der Waals surface area contributed by atoms with Gasteiger partial charge in [-0.15, -0.1) is 0 Å². The Balaban J connectivity index is 2.29. The summed E-state index contributed by atoms with van der Waals surface area (Å²) in [5, 5.41) is 4.34. The minimum Gasteiger partial charge on any atom is -0.289 e. The van der Waals surface area contributed by atoms with Gasteiger partial charge < -0.3 is 0 Å². The molecule has 1 aliphatic carbocycles. The first-order chi connectivity index (χ1) is 8.61. The van der Waals surface area contributed by atoms with E-state index in [9.17, 15) is 4.79 Å². The van der Waals surface area contributed by atoms with Gasteiger partial charge in [0.25, 0.3) is 0 Å². The van der Waals surface area contributed by atoms with Gasteiger partial charge in [-0.25, -0.2) is 0 Å². The summed E-state index contributed by atoms with van der Waals surface area (Å²) in [6, 6.07) is 0. The number of allylic oxidation sites excluding steroid dienone is 2. The minimum atomic E-state index is 0.194. The molecule has 98 valence electrons. The van der Waals surface area contributed by atoms with Crippen LogP contribution in [0, 0.1) is 13.8 Å². The predicted octanol–water partition coefficient (Wildman–Crippen LogP) is 3.50. The maximum absolute atomic E-state index is 12.6. The van der Waals surface area contributed by atoms with E-state index in [1.165, 1.54) is 19.3 Å². The van der Waals surface area contributed by atoms with Gasteiger partial charge in [0.05, 0.1) is 11.3 Å². The van der Waals surface area contributed by atoms with E-state index in [2.05, 4.69) is 11.2 Å². The summed E-state index contributed by atoms with van der Waals surface area (Å²) in [6.45, 7) is 3.89. The lowest BCUT2D eigenvalue weighted by Crippen LogP contribution is -2.08. The van der Waals surface area contributed by atoms with Crippen molar-refractivity contribution in [2.45, 2.75) is 52.4 Å². The first kappa shape index (κ1) is 13.1. The molecule has 0 fully saturated rings. The average Bonchev–Trinajstić information content (AvgIpc) is 2.52. The molecule has 1 aromatic rings. The predicted molar refractivity (Wildman–Crippen MR) is 72.8 cm³/mol. The van der Waals surface area contributed by atoms with Crippen molar-refractivity contribution in [2.75, 3.05) is 0 Å². The Morgan fingerprint density at radius 1 is 1.22 bits per heavy atom. The largest absolute Gasteiger partial charge is 0.289 e. The average molecular weight is 246 g/mol. The third-order valence-electron chi connectivity index (χ3n) is 3.82. The van der Waals surface area contributed by atoms with Crippen LogP contribution >= 0.6 is 0 Å². The van der Waals surface area contributed by atoms with E-state index in [4.69, 9.17) is 0 Å². The quantitative estimate of drug-likeness (QED) is 0.749. The molecule has 2 rings (SSSR count). The summed E-state index contributed by atoms with van der Waals surface area (Å²) in [5.41, 5.74) is 3.63. The molecule has 0 saturated heterocycles. The van der Waals surface area contributed by atoms with Crippen molar-refractivity contribution >= 4 is 5.78 Å². The molecule has 1 aliphatic rings. The minimum absolute atomic E-state index is 0.194. The maximum Gasteiger partial charge on any atom is 0.192 e. The second-order valence-corrected chi connectivity index (χ2v) is 5.18. The number of carbonyl (C=O) groups excluding carboxylic acids is 1. The van der Waals surface area contributed by atoms with Crippen molar-refractivity contribution in [1.82, 2.24) is 9.78 Å². The van der Waals surface area contributed by atoms with E-state index < -0.39 is 0 Å². The number of nitrogens with zero attached hydrogens (tertiary/aromatic N) is 2. The van der Waals surface area contributed by atoms with Gasteiger partial charge >= 0.3 is 0 Å². The van der Waals surface area contributed by atoms with Gasteiger partial charge in [0.1, 0.15) is 0 Å². The Morgan fingerprint density at radius 3 is 2.61 bits per heavy atom. The molecule has 0 aliphatic heterocycles. The molecular weight excluding hydrogens is 224 g/mol. The van der Waals surface area contributed by atoms with E-state index in [-0.39, 0.29) is 5.78 Å². The van der Waals surface area contributed by atoms with Crippen LogP contribution in [0.15, 0.2) is 11.6 Å². The smallest absolute Gasteiger partial charge is 0.192 e. The van der Waals surface area contributed by atoms with Crippen LogP contribution in [0.5, 0.6) is 0 Å². The Labute approximate surface area is 109 Å². The van der Waals surface area contributed by atoms with Crippen molar-refractivity contribution < 1.29 is 4.79 Å². The molecule has 0 radical (unpaired) electrons. The van der Waals surface area contributed by atoms with E-state index in [1.807, 2.05) is 20.9 Å². The highest BCUT2D eigenvalue weighted by Gasteiger charge is 2.20. The Bertz CT molecular complexity index is 483. The standard InChI is InChI=1S/C15H22N2O/c1-11-14(12(2)17(3)16-11)15(18)13-9-7-5-4-6-8-10-13/h9H,4-8,10H2,1-3H3. The maximum atomic E-state index is 12.6. The van der Waals surface area contributed by atoms with Crippen LogP contribution in [0.25, 0.3) is 0 Å². The van der Waals surface area contributed by atoms with Gasteiger partial charge in [0.15, 0.2) is 5.78 Å². The zero-order valence-electron chi connectivity index (χ0n) is 11.6. The summed E-state index contributed by atoms with van der Waals surface area (Å²) in [4.78, 5) is 12.6. The van der Waals surface area contributed by atoms with Crippen LogP contribution in [-0.2, 0) is 7.05 Å². The first-order valence-electron chi connectivity index (χ1n) is 6.85. The number of ketones is 1. The third kappa shape index (κ3) is 2.55. The van der Waals surface area contributed by atoms with Gasteiger partial charge in [0.2, 0.25) is 0 Å². The summed E-state index contributed by atoms with van der Waals surface area (Å²) < 4.78 is 1.80. The molecule has 0 unspecified atom stereocenters. The summed E-state index contributed by atoms with van der Waals surface area (Å²) in [7, 11) is 1.89. The van der Waals surface area contributed by atoms with E-state index in [1.54, 1.807) is 4.68 Å². The van der Waals surface area contributed by atoms with Crippen molar-refractivity contribution in [3.8, 4) is 0 Å². The van der Waals surface area contributed by atoms with Crippen molar-refractivity contribution in [2.24, 2.45) is 7.05 Å². The number of aromatic nitrogens is 2. The Morgan fingerprint density at radius 2 is 1.94 bits per heavy atom. The molecule has 3 heteroatoms. The SMILES string of the molecule is Cc1nn(C)c(C)c1C(=O)C1=CCCCCCC1. The summed E-state index contributed by atoms with van der Waals surface area (Å²) in [5.74, 6) is 0.194. The summed E-state index contributed by atoms with van der Waals surface area (Å²) >= 11 is 0. The number of carbonyl (C=O) groups is 1. The van der Waals surface area contributed by atoms with Crippen molar-refractivity contribution in [3.63, 3.8) is 0 Å². The van der Waals surface area contributed by atoms with E-state index in [0.29, 0.717) is 0 Å². The highest BCUT2D eigenvalue weighted by atomic mass is 16.1. The zero-order chi connectivity index (χ0) is 13.1. The molecule has 0 aromatic carbocycles. The molecule has 1 heterocycles. The third-order valence-corrected chi connectivity index (χ3v) is 3.82. The van der Waals surface area contributed by atoms with Crippen LogP contribution in [0.2, 0.25) is 0 Å². The van der Waals surface area contributed by atoms with E-state index in [0.717, 1.165) is 41.8 Å². The fraction of sp³-hybridized carbons (Fsp3) is 0.600. The number of rotatable bonds is 2. The van der Waals surface area contributed by atoms with Crippen molar-refractivity contribution in [3.05, 3.63) is 28.6 Å². The number of hydrogen-bond acceptors (Lipinski definition) is 2. The van der Waals surface area contributed by atoms with Crippen LogP contribution in [0.3, 0.4) is 0 Å². The van der Waals surface area contributed by atoms with Crippen LogP contribution in [0.1, 0.15) is 60.3 Å². The van der Waals surface area contributed by atoms with Gasteiger partial charge in [-0.05, 0) is 45.1 Å². The molecule has 0 amide bonds. The fourth-order valence-electron chi connectivity index (χ4n) is 2.66. The second-order valence-electron chi connectivity index (χ2n) is 5.18. The van der Waals surface area contributed by atoms with Crippen LogP contribution in [-0.4, -0.2) is 15.6 Å². The van der Waals surface area contributed by atoms with Gasteiger partial charge in [-0.3, -0.25) is 9.48 Å². The van der Waals surface area contributed by atoms with Crippen molar-refractivity contribution in [1.29, 1.82) is 0 Å². The number of aryl methyl sites for hydroxylation is 2. The van der Waals surface area contributed by atoms with Crippen LogP contribution in [0.4, 0.5) is 0 Å².